The van der Waals surface area contributed by atoms with Crippen LogP contribution in [0.5, 0.6) is 11.6 Å². The lowest BCUT2D eigenvalue weighted by Gasteiger charge is -2.10. The van der Waals surface area contributed by atoms with Gasteiger partial charge in [-0.15, -0.1) is 0 Å². The predicted octanol–water partition coefficient (Wildman–Crippen LogP) is 5.12. The van der Waals surface area contributed by atoms with E-state index in [-0.39, 0.29) is 0 Å². The number of benzene rings is 1. The van der Waals surface area contributed by atoms with Gasteiger partial charge in [-0.2, -0.15) is 4.98 Å². The molecule has 0 fully saturated rings. The minimum atomic E-state index is 0.442. The maximum absolute atomic E-state index is 5.98. The Labute approximate surface area is 138 Å². The van der Waals surface area contributed by atoms with Gasteiger partial charge in [0.25, 0.3) is 0 Å². The van der Waals surface area contributed by atoms with Crippen molar-refractivity contribution >= 4 is 40.8 Å². The Morgan fingerprint density at radius 3 is 2.67 bits per heavy atom. The molecule has 1 heterocycles. The zero-order valence-corrected chi connectivity index (χ0v) is 14.0. The van der Waals surface area contributed by atoms with E-state index in [0.29, 0.717) is 26.8 Å². The third-order valence-corrected chi connectivity index (χ3v) is 3.82. The van der Waals surface area contributed by atoms with Crippen molar-refractivity contribution in [2.45, 2.75) is 18.5 Å². The second-order valence-electron chi connectivity index (χ2n) is 4.18. The van der Waals surface area contributed by atoms with Crippen molar-refractivity contribution in [1.29, 1.82) is 0 Å². The van der Waals surface area contributed by atoms with Gasteiger partial charge in [0.2, 0.25) is 5.88 Å². The van der Waals surface area contributed by atoms with Crippen LogP contribution in [0.2, 0.25) is 10.0 Å². The van der Waals surface area contributed by atoms with Gasteiger partial charge in [-0.3, -0.25) is 0 Å². The van der Waals surface area contributed by atoms with Crippen LogP contribution in [0.15, 0.2) is 29.4 Å². The minimum absolute atomic E-state index is 0.442. The van der Waals surface area contributed by atoms with Crippen LogP contribution in [0.25, 0.3) is 0 Å². The highest BCUT2D eigenvalue weighted by atomic mass is 35.5. The highest BCUT2D eigenvalue weighted by molar-refractivity contribution is 7.98. The fourth-order valence-electron chi connectivity index (χ4n) is 1.55. The quantitative estimate of drug-likeness (QED) is 0.582. The fourth-order valence-corrected chi connectivity index (χ4v) is 2.21. The smallest absolute Gasteiger partial charge is 0.225 e. The molecule has 0 aliphatic rings. The molecule has 0 saturated carbocycles. The average molecular weight is 344 g/mol. The minimum Gasteiger partial charge on any atom is -0.439 e. The van der Waals surface area contributed by atoms with Gasteiger partial charge in [-0.25, -0.2) is 4.98 Å². The van der Waals surface area contributed by atoms with Crippen molar-refractivity contribution in [3.8, 4) is 11.6 Å². The number of ether oxygens (including phenoxy) is 1. The molecule has 1 aromatic heterocycles. The molecule has 0 atom stereocenters. The fraction of sp³-hybridized carbons (Fsp3) is 0.286. The standard InChI is InChI=1S/C14H15Cl2N3OS/c1-3-6-17-12-8-13(19-14(18-12)21-2)20-9-4-5-10(15)11(16)7-9/h4-5,7-8H,3,6H2,1-2H3,(H,17,18,19). The Balaban J connectivity index is 2.23. The molecule has 21 heavy (non-hydrogen) atoms. The summed E-state index contributed by atoms with van der Waals surface area (Å²) in [7, 11) is 0. The zero-order valence-electron chi connectivity index (χ0n) is 11.7. The summed E-state index contributed by atoms with van der Waals surface area (Å²) in [6, 6.07) is 6.85. The summed E-state index contributed by atoms with van der Waals surface area (Å²) in [4.78, 5) is 8.70. The zero-order chi connectivity index (χ0) is 15.2. The maximum atomic E-state index is 5.98. The summed E-state index contributed by atoms with van der Waals surface area (Å²) in [5, 5.41) is 4.80. The van der Waals surface area contributed by atoms with Crippen LogP contribution in [0.4, 0.5) is 5.82 Å². The molecule has 112 valence electrons. The Bertz CT molecular complexity index is 625. The first kappa shape index (κ1) is 16.2. The molecule has 0 radical (unpaired) electrons. The molecule has 4 nitrogen and oxygen atoms in total. The number of hydrogen-bond acceptors (Lipinski definition) is 5. The van der Waals surface area contributed by atoms with Crippen molar-refractivity contribution < 1.29 is 4.74 Å². The first-order chi connectivity index (χ1) is 10.1. The number of nitrogens with one attached hydrogen (secondary N) is 1. The molecule has 0 unspecified atom stereocenters. The second kappa shape index (κ2) is 7.73. The molecule has 0 bridgehead atoms. The summed E-state index contributed by atoms with van der Waals surface area (Å²) in [6.07, 6.45) is 2.93. The molecule has 0 aliphatic heterocycles. The van der Waals surface area contributed by atoms with Gasteiger partial charge in [-0.05, 0) is 24.8 Å². The predicted molar refractivity (Wildman–Crippen MR) is 89.1 cm³/mol. The van der Waals surface area contributed by atoms with Crippen LogP contribution in [0, 0.1) is 0 Å². The van der Waals surface area contributed by atoms with Crippen LogP contribution in [-0.4, -0.2) is 22.8 Å². The van der Waals surface area contributed by atoms with E-state index in [2.05, 4.69) is 22.2 Å². The molecule has 0 saturated heterocycles. The number of halogens is 2. The lowest BCUT2D eigenvalue weighted by atomic mass is 10.3. The van der Waals surface area contributed by atoms with E-state index in [1.165, 1.54) is 11.8 Å². The highest BCUT2D eigenvalue weighted by Crippen LogP contribution is 2.30. The lowest BCUT2D eigenvalue weighted by Crippen LogP contribution is -2.04. The van der Waals surface area contributed by atoms with Crippen LogP contribution in [-0.2, 0) is 0 Å². The Morgan fingerprint density at radius 2 is 2.00 bits per heavy atom. The molecule has 2 rings (SSSR count). The van der Waals surface area contributed by atoms with Gasteiger partial charge >= 0.3 is 0 Å². The van der Waals surface area contributed by atoms with Crippen molar-refractivity contribution in [2.75, 3.05) is 18.1 Å². The van der Waals surface area contributed by atoms with Gasteiger partial charge in [0.15, 0.2) is 5.16 Å². The largest absolute Gasteiger partial charge is 0.439 e. The molecule has 7 heteroatoms. The Kier molecular flexibility index (Phi) is 5.96. The van der Waals surface area contributed by atoms with E-state index < -0.39 is 0 Å². The number of thioether (sulfide) groups is 1. The van der Waals surface area contributed by atoms with Gasteiger partial charge in [0.1, 0.15) is 11.6 Å². The maximum Gasteiger partial charge on any atom is 0.225 e. The topological polar surface area (TPSA) is 47.0 Å². The monoisotopic (exact) mass is 343 g/mol. The molecule has 0 spiro atoms. The van der Waals surface area contributed by atoms with Crippen molar-refractivity contribution in [3.05, 3.63) is 34.3 Å². The first-order valence-corrected chi connectivity index (χ1v) is 8.40. The van der Waals surface area contributed by atoms with Crippen molar-refractivity contribution in [1.82, 2.24) is 9.97 Å². The van der Waals surface area contributed by atoms with Crippen LogP contribution >= 0.6 is 35.0 Å². The van der Waals surface area contributed by atoms with E-state index in [9.17, 15) is 0 Å². The number of rotatable bonds is 6. The number of anilines is 1. The number of aromatic nitrogens is 2. The third kappa shape index (κ3) is 4.66. The van der Waals surface area contributed by atoms with Crippen LogP contribution in [0.3, 0.4) is 0 Å². The Hall–Kier alpha value is -1.17. The summed E-state index contributed by atoms with van der Waals surface area (Å²) in [5.41, 5.74) is 0. The van der Waals surface area contributed by atoms with Crippen molar-refractivity contribution in [2.24, 2.45) is 0 Å². The number of nitrogens with zero attached hydrogens (tertiary/aromatic N) is 2. The van der Waals surface area contributed by atoms with Crippen molar-refractivity contribution in [3.63, 3.8) is 0 Å². The van der Waals surface area contributed by atoms with Gasteiger partial charge in [-0.1, -0.05) is 41.9 Å². The molecule has 1 aromatic carbocycles. The summed E-state index contributed by atoms with van der Waals surface area (Å²) >= 11 is 13.3. The molecule has 1 N–H and O–H groups in total. The molecular weight excluding hydrogens is 329 g/mol. The van der Waals surface area contributed by atoms with Crippen LogP contribution in [0.1, 0.15) is 13.3 Å². The molecule has 0 amide bonds. The average Bonchev–Trinajstić information content (AvgIpc) is 2.48. The third-order valence-electron chi connectivity index (χ3n) is 2.53. The SMILES string of the molecule is CCCNc1cc(Oc2ccc(Cl)c(Cl)c2)nc(SC)n1. The normalized spacial score (nSPS) is 10.5. The Morgan fingerprint density at radius 1 is 1.19 bits per heavy atom. The van der Waals surface area contributed by atoms with Gasteiger partial charge in [0.05, 0.1) is 10.0 Å². The van der Waals surface area contributed by atoms with Gasteiger partial charge in [0, 0.05) is 18.7 Å². The summed E-state index contributed by atoms with van der Waals surface area (Å²) in [6.45, 7) is 2.94. The second-order valence-corrected chi connectivity index (χ2v) is 5.77. The van der Waals surface area contributed by atoms with E-state index in [4.69, 9.17) is 27.9 Å². The molecule has 0 aliphatic carbocycles. The molecular formula is C14H15Cl2N3OS. The lowest BCUT2D eigenvalue weighted by molar-refractivity contribution is 0.456. The van der Waals surface area contributed by atoms with Crippen LogP contribution < -0.4 is 10.1 Å². The van der Waals surface area contributed by atoms with E-state index in [0.717, 1.165) is 18.8 Å². The van der Waals surface area contributed by atoms with E-state index >= 15 is 0 Å². The highest BCUT2D eigenvalue weighted by Gasteiger charge is 2.07. The first-order valence-electron chi connectivity index (χ1n) is 6.42. The van der Waals surface area contributed by atoms with E-state index in [1.54, 1.807) is 24.3 Å². The van der Waals surface area contributed by atoms with E-state index in [1.807, 2.05) is 6.26 Å². The summed E-state index contributed by atoms with van der Waals surface area (Å²) in [5.74, 6) is 1.79. The van der Waals surface area contributed by atoms with Gasteiger partial charge < -0.3 is 10.1 Å². The summed E-state index contributed by atoms with van der Waals surface area (Å²) < 4.78 is 5.73. The molecule has 2 aromatic rings. The number of hydrogen-bond donors (Lipinski definition) is 1.